The summed E-state index contributed by atoms with van der Waals surface area (Å²) in [6.07, 6.45) is 3.57. The molecule has 0 unspecified atom stereocenters. The minimum absolute atomic E-state index is 0. The number of carboxylic acids is 2. The van der Waals surface area contributed by atoms with Crippen molar-refractivity contribution >= 4 is 34.8 Å². The van der Waals surface area contributed by atoms with E-state index in [1.165, 1.54) is 0 Å². The molecule has 1 aromatic heterocycles. The molecular formula is C24H23IN2O6. The van der Waals surface area contributed by atoms with E-state index in [0.29, 0.717) is 23.1 Å². The van der Waals surface area contributed by atoms with Crippen LogP contribution in [0.3, 0.4) is 0 Å². The zero-order valence-corrected chi connectivity index (χ0v) is 20.1. The molecule has 1 aliphatic heterocycles. The lowest BCUT2D eigenvalue weighted by atomic mass is 10.2. The highest BCUT2D eigenvalue weighted by Crippen LogP contribution is 2.39. The molecular weight excluding hydrogens is 539 g/mol. The van der Waals surface area contributed by atoms with Crippen LogP contribution in [0.4, 0.5) is 5.69 Å². The molecule has 0 spiro atoms. The fourth-order valence-corrected chi connectivity index (χ4v) is 3.63. The van der Waals surface area contributed by atoms with Crippen LogP contribution in [0.25, 0.3) is 17.2 Å². The fourth-order valence-electron chi connectivity index (χ4n) is 3.63. The van der Waals surface area contributed by atoms with Gasteiger partial charge in [0.25, 0.3) is 5.52 Å². The van der Waals surface area contributed by atoms with Gasteiger partial charge in [-0.1, -0.05) is 24.3 Å². The molecule has 1 aliphatic rings. The lowest BCUT2D eigenvalue weighted by molar-refractivity contribution is -0.677. The van der Waals surface area contributed by atoms with Crippen molar-refractivity contribution in [3.05, 3.63) is 72.0 Å². The van der Waals surface area contributed by atoms with Crippen molar-refractivity contribution in [2.45, 2.75) is 26.3 Å². The van der Waals surface area contributed by atoms with Crippen LogP contribution in [-0.2, 0) is 16.1 Å². The van der Waals surface area contributed by atoms with E-state index in [2.05, 4.69) is 0 Å². The van der Waals surface area contributed by atoms with Crippen molar-refractivity contribution in [2.24, 2.45) is 0 Å². The number of aliphatic carboxylic acids is 2. The molecule has 9 heteroatoms. The first-order valence-corrected chi connectivity index (χ1v) is 10.2. The van der Waals surface area contributed by atoms with E-state index in [9.17, 15) is 9.59 Å². The number of fused-ring (bicyclic) bond motifs is 2. The normalized spacial score (nSPS) is 14.2. The molecule has 0 radical (unpaired) electrons. The number of halogens is 1. The minimum Gasteiger partial charge on any atom is -1.00 e. The van der Waals surface area contributed by atoms with Crippen molar-refractivity contribution in [1.29, 1.82) is 0 Å². The van der Waals surface area contributed by atoms with Crippen LogP contribution in [0.2, 0.25) is 0 Å². The molecule has 33 heavy (non-hydrogen) atoms. The highest BCUT2D eigenvalue weighted by atomic mass is 127. The molecule has 172 valence electrons. The third-order valence-corrected chi connectivity index (χ3v) is 5.07. The molecule has 0 bridgehead atoms. The highest BCUT2D eigenvalue weighted by Gasteiger charge is 2.27. The van der Waals surface area contributed by atoms with E-state index in [4.69, 9.17) is 19.4 Å². The molecule has 2 aromatic carbocycles. The van der Waals surface area contributed by atoms with Crippen molar-refractivity contribution in [3.63, 3.8) is 0 Å². The Morgan fingerprint density at radius 1 is 1.03 bits per heavy atom. The molecule has 2 N–H and O–H groups in total. The SMILES string of the molecule is CC(/C=C1\Oc2ccccc2N1CCC(=O)O)=C\c1oc2ccccc2[n+]1CCC(=O)O.[I-]. The van der Waals surface area contributed by atoms with E-state index >= 15 is 0 Å². The number of benzene rings is 2. The number of nitrogens with zero attached hydrogens (tertiary/aromatic N) is 2. The summed E-state index contributed by atoms with van der Waals surface area (Å²) < 4.78 is 13.8. The van der Waals surface area contributed by atoms with Crippen LogP contribution in [0.15, 0.2) is 70.5 Å². The largest absolute Gasteiger partial charge is 1.00 e. The first-order valence-electron chi connectivity index (χ1n) is 10.2. The van der Waals surface area contributed by atoms with E-state index < -0.39 is 11.9 Å². The lowest BCUT2D eigenvalue weighted by Gasteiger charge is -2.17. The molecule has 8 nitrogen and oxygen atoms in total. The Labute approximate surface area is 207 Å². The van der Waals surface area contributed by atoms with Crippen molar-refractivity contribution in [1.82, 2.24) is 0 Å². The van der Waals surface area contributed by atoms with Crippen LogP contribution in [-0.4, -0.2) is 28.7 Å². The Hall–Kier alpha value is -3.34. The van der Waals surface area contributed by atoms with Crippen molar-refractivity contribution in [2.75, 3.05) is 11.4 Å². The maximum atomic E-state index is 11.1. The van der Waals surface area contributed by atoms with Gasteiger partial charge >= 0.3 is 17.8 Å². The maximum absolute atomic E-state index is 11.1. The first kappa shape index (κ1) is 24.3. The Morgan fingerprint density at radius 3 is 2.48 bits per heavy atom. The van der Waals surface area contributed by atoms with Gasteiger partial charge in [-0.2, -0.15) is 4.57 Å². The molecule has 0 fully saturated rings. The summed E-state index contributed by atoms with van der Waals surface area (Å²) in [7, 11) is 0. The number of hydrogen-bond donors (Lipinski definition) is 2. The average Bonchev–Trinajstić information content (AvgIpc) is 3.27. The minimum atomic E-state index is -0.886. The second kappa shape index (κ2) is 10.5. The summed E-state index contributed by atoms with van der Waals surface area (Å²) in [4.78, 5) is 24.1. The third-order valence-electron chi connectivity index (χ3n) is 5.07. The van der Waals surface area contributed by atoms with Gasteiger partial charge in [-0.3, -0.25) is 9.59 Å². The quantitative estimate of drug-likeness (QED) is 0.310. The van der Waals surface area contributed by atoms with E-state index in [-0.39, 0.29) is 49.9 Å². The predicted octanol–water partition coefficient (Wildman–Crippen LogP) is 0.817. The third kappa shape index (κ3) is 5.54. The summed E-state index contributed by atoms with van der Waals surface area (Å²) in [5, 5.41) is 18.2. The summed E-state index contributed by atoms with van der Waals surface area (Å²) >= 11 is 0. The monoisotopic (exact) mass is 562 g/mol. The number of allylic oxidation sites excluding steroid dienone is 2. The van der Waals surface area contributed by atoms with Crippen LogP contribution in [0.5, 0.6) is 5.75 Å². The Bertz CT molecular complexity index is 1250. The number of oxazole rings is 1. The number of carboxylic acid groups (broad SMARTS) is 2. The second-order valence-corrected chi connectivity index (χ2v) is 7.44. The van der Waals surface area contributed by atoms with Gasteiger partial charge in [0, 0.05) is 18.7 Å². The van der Waals surface area contributed by atoms with Gasteiger partial charge in [-0.05, 0) is 30.7 Å². The lowest BCUT2D eigenvalue weighted by Crippen LogP contribution is -3.00. The number of hydrogen-bond acceptors (Lipinski definition) is 5. The van der Waals surface area contributed by atoms with Gasteiger partial charge in [0.2, 0.25) is 11.5 Å². The molecule has 0 saturated heterocycles. The van der Waals surface area contributed by atoms with Gasteiger partial charge in [-0.15, -0.1) is 0 Å². The Morgan fingerprint density at radius 2 is 1.73 bits per heavy atom. The second-order valence-electron chi connectivity index (χ2n) is 7.44. The summed E-state index contributed by atoms with van der Waals surface area (Å²) in [6, 6.07) is 14.9. The Kier molecular flexibility index (Phi) is 7.75. The van der Waals surface area contributed by atoms with Crippen LogP contribution < -0.4 is 38.2 Å². The van der Waals surface area contributed by atoms with Gasteiger partial charge in [-0.25, -0.2) is 0 Å². The molecule has 4 rings (SSSR count). The number of aromatic nitrogens is 1. The number of carbonyl (C=O) groups is 2. The highest BCUT2D eigenvalue weighted by molar-refractivity contribution is 5.72. The number of para-hydroxylation sites is 4. The van der Waals surface area contributed by atoms with Crippen LogP contribution in [0, 0.1) is 0 Å². The molecule has 0 amide bonds. The summed E-state index contributed by atoms with van der Waals surface area (Å²) in [5.41, 5.74) is 3.09. The standard InChI is InChI=1S/C24H22N2O6.HI/c1-16(14-21-25(12-10-23(27)28)17-6-2-4-8-19(17)31-21)15-22-26(13-11-24(29)30)18-7-3-5-9-20(18)32-22;/h2-9,14-15H,10-13H2,1H3,(H-,27,28,29,30);1H. The zero-order valence-electron chi connectivity index (χ0n) is 17.9. The first-order chi connectivity index (χ1) is 15.4. The number of rotatable bonds is 8. The molecule has 0 atom stereocenters. The van der Waals surface area contributed by atoms with Gasteiger partial charge in [0.15, 0.2) is 12.3 Å². The summed E-state index contributed by atoms with van der Waals surface area (Å²) in [5.74, 6) is -0.0634. The topological polar surface area (TPSA) is 104 Å². The van der Waals surface area contributed by atoms with Crippen molar-refractivity contribution < 1.29 is 57.5 Å². The van der Waals surface area contributed by atoms with Gasteiger partial charge in [0.05, 0.1) is 18.2 Å². The van der Waals surface area contributed by atoms with Crippen LogP contribution >= 0.6 is 0 Å². The molecule has 3 aromatic rings. The number of ether oxygens (including phenoxy) is 1. The van der Waals surface area contributed by atoms with Crippen molar-refractivity contribution in [3.8, 4) is 5.75 Å². The van der Waals surface area contributed by atoms with Gasteiger partial charge < -0.3 is 48.2 Å². The van der Waals surface area contributed by atoms with E-state index in [1.54, 1.807) is 0 Å². The molecule has 0 saturated carbocycles. The predicted molar refractivity (Wildman–Crippen MR) is 117 cm³/mol. The average molecular weight is 562 g/mol. The van der Waals surface area contributed by atoms with E-state index in [0.717, 1.165) is 16.8 Å². The van der Waals surface area contributed by atoms with Crippen LogP contribution in [0.1, 0.15) is 25.7 Å². The number of aryl methyl sites for hydroxylation is 1. The fraction of sp³-hybridized carbons (Fsp3) is 0.208. The van der Waals surface area contributed by atoms with Gasteiger partial charge in [0.1, 0.15) is 6.42 Å². The summed E-state index contributed by atoms with van der Waals surface area (Å²) in [6.45, 7) is 2.42. The molecule has 0 aliphatic carbocycles. The molecule has 2 heterocycles. The van der Waals surface area contributed by atoms with E-state index in [1.807, 2.05) is 77.1 Å². The maximum Gasteiger partial charge on any atom is 0.374 e. The zero-order chi connectivity index (χ0) is 22.7. The smallest absolute Gasteiger partial charge is 0.374 e. The number of anilines is 1. The Balaban J connectivity index is 0.00000306.